The van der Waals surface area contributed by atoms with Crippen molar-refractivity contribution >= 4 is 18.0 Å². The van der Waals surface area contributed by atoms with Crippen LogP contribution in [0.1, 0.15) is 24.3 Å². The number of furan rings is 1. The van der Waals surface area contributed by atoms with E-state index in [0.717, 1.165) is 11.3 Å². The van der Waals surface area contributed by atoms with Crippen LogP contribution >= 0.6 is 0 Å². The Balaban J connectivity index is 1.47. The van der Waals surface area contributed by atoms with Gasteiger partial charge in [0.2, 0.25) is 0 Å². The maximum Gasteiger partial charge on any atom is 0.331 e. The van der Waals surface area contributed by atoms with Crippen LogP contribution in [0.4, 0.5) is 0 Å². The van der Waals surface area contributed by atoms with Gasteiger partial charge in [-0.15, -0.1) is 0 Å². The molecule has 1 atom stereocenters. The summed E-state index contributed by atoms with van der Waals surface area (Å²) in [6.45, 7) is 1.41. The van der Waals surface area contributed by atoms with Crippen LogP contribution in [0.3, 0.4) is 0 Å². The molecule has 0 saturated heterocycles. The Hall–Kier alpha value is -3.80. The normalized spacial score (nSPS) is 11.8. The fraction of sp³-hybridized carbons (Fsp3) is 0.130. The van der Waals surface area contributed by atoms with Gasteiger partial charge in [-0.2, -0.15) is 0 Å². The van der Waals surface area contributed by atoms with Gasteiger partial charge in [0.25, 0.3) is 5.91 Å². The largest absolute Gasteiger partial charge is 0.467 e. The van der Waals surface area contributed by atoms with Gasteiger partial charge in [-0.25, -0.2) is 4.79 Å². The molecular weight excluding hydrogens is 370 g/mol. The van der Waals surface area contributed by atoms with Crippen LogP contribution in [0.5, 0.6) is 11.5 Å². The predicted octanol–water partition coefficient (Wildman–Crippen LogP) is 4.51. The van der Waals surface area contributed by atoms with Crippen LogP contribution in [0.2, 0.25) is 0 Å². The second-order valence-corrected chi connectivity index (χ2v) is 6.23. The third-order valence-corrected chi connectivity index (χ3v) is 3.94. The van der Waals surface area contributed by atoms with E-state index < -0.39 is 11.9 Å². The molecule has 0 unspecified atom stereocenters. The number of nitrogens with one attached hydrogen (secondary N) is 1. The molecule has 0 radical (unpaired) electrons. The molecule has 0 aliphatic rings. The minimum absolute atomic E-state index is 0.306. The van der Waals surface area contributed by atoms with Gasteiger partial charge in [0.05, 0.1) is 12.3 Å². The zero-order chi connectivity index (χ0) is 20.5. The first-order chi connectivity index (χ1) is 14.1. The van der Waals surface area contributed by atoms with Gasteiger partial charge < -0.3 is 19.2 Å². The standard InChI is InChI=1S/C23H21NO5/c1-17(21-11-6-14-27-21)24-22(25)16-28-23(26)13-12-18-7-5-10-20(15-18)29-19-8-3-2-4-9-19/h2-15,17H,16H2,1H3,(H,24,25)/b13-12+/t17-/m1/s1. The molecule has 1 heterocycles. The molecule has 1 aromatic heterocycles. The summed E-state index contributed by atoms with van der Waals surface area (Å²) in [6.07, 6.45) is 4.40. The van der Waals surface area contributed by atoms with E-state index in [0.29, 0.717) is 11.5 Å². The van der Waals surface area contributed by atoms with E-state index in [1.54, 1.807) is 31.2 Å². The molecule has 6 heteroatoms. The number of amides is 1. The van der Waals surface area contributed by atoms with Crippen molar-refractivity contribution in [3.63, 3.8) is 0 Å². The number of hydrogen-bond donors (Lipinski definition) is 1. The minimum atomic E-state index is -0.611. The summed E-state index contributed by atoms with van der Waals surface area (Å²) in [7, 11) is 0. The Morgan fingerprint density at radius 3 is 2.59 bits per heavy atom. The van der Waals surface area contributed by atoms with E-state index in [1.165, 1.54) is 12.3 Å². The Morgan fingerprint density at radius 2 is 1.83 bits per heavy atom. The fourth-order valence-corrected chi connectivity index (χ4v) is 2.55. The van der Waals surface area contributed by atoms with Crippen molar-refractivity contribution in [2.24, 2.45) is 0 Å². The highest BCUT2D eigenvalue weighted by Gasteiger charge is 2.12. The molecule has 0 fully saturated rings. The van der Waals surface area contributed by atoms with Gasteiger partial charge in [0.15, 0.2) is 6.61 Å². The molecule has 29 heavy (non-hydrogen) atoms. The summed E-state index contributed by atoms with van der Waals surface area (Å²) >= 11 is 0. The van der Waals surface area contributed by atoms with Gasteiger partial charge in [-0.3, -0.25) is 4.79 Å². The Labute approximate surface area is 168 Å². The van der Waals surface area contributed by atoms with E-state index >= 15 is 0 Å². The molecule has 1 amide bonds. The topological polar surface area (TPSA) is 77.8 Å². The van der Waals surface area contributed by atoms with Crippen molar-refractivity contribution in [1.29, 1.82) is 0 Å². The number of para-hydroxylation sites is 1. The summed E-state index contributed by atoms with van der Waals surface area (Å²) < 4.78 is 15.9. The van der Waals surface area contributed by atoms with Crippen molar-refractivity contribution in [3.8, 4) is 11.5 Å². The summed E-state index contributed by atoms with van der Waals surface area (Å²) in [5.74, 6) is 0.983. The summed E-state index contributed by atoms with van der Waals surface area (Å²) in [5, 5.41) is 2.69. The highest BCUT2D eigenvalue weighted by Crippen LogP contribution is 2.22. The first-order valence-corrected chi connectivity index (χ1v) is 9.11. The molecular formula is C23H21NO5. The molecule has 3 rings (SSSR count). The smallest absolute Gasteiger partial charge is 0.331 e. The van der Waals surface area contributed by atoms with Crippen molar-refractivity contribution in [2.45, 2.75) is 13.0 Å². The van der Waals surface area contributed by atoms with Crippen molar-refractivity contribution < 1.29 is 23.5 Å². The van der Waals surface area contributed by atoms with Crippen LogP contribution in [-0.4, -0.2) is 18.5 Å². The summed E-state index contributed by atoms with van der Waals surface area (Å²) in [6, 6.07) is 19.9. The molecule has 0 spiro atoms. The van der Waals surface area contributed by atoms with Gasteiger partial charge in [-0.1, -0.05) is 30.3 Å². The number of hydrogen-bond acceptors (Lipinski definition) is 5. The Morgan fingerprint density at radius 1 is 1.03 bits per heavy atom. The molecule has 0 bridgehead atoms. The predicted molar refractivity (Wildman–Crippen MR) is 108 cm³/mol. The second kappa shape index (κ2) is 9.94. The molecule has 3 aromatic rings. The lowest BCUT2D eigenvalue weighted by atomic mass is 10.2. The number of ether oxygens (including phenoxy) is 2. The first kappa shape index (κ1) is 19.9. The average Bonchev–Trinajstić information content (AvgIpc) is 3.27. The van der Waals surface area contributed by atoms with E-state index in [2.05, 4.69) is 5.32 Å². The molecule has 0 saturated carbocycles. The third-order valence-electron chi connectivity index (χ3n) is 3.94. The molecule has 0 aliphatic heterocycles. The fourth-order valence-electron chi connectivity index (χ4n) is 2.55. The zero-order valence-electron chi connectivity index (χ0n) is 15.9. The summed E-state index contributed by atoms with van der Waals surface area (Å²) in [5.41, 5.74) is 0.770. The summed E-state index contributed by atoms with van der Waals surface area (Å²) in [4.78, 5) is 23.7. The molecule has 1 N–H and O–H groups in total. The zero-order valence-corrected chi connectivity index (χ0v) is 15.9. The Bertz CT molecular complexity index is 964. The lowest BCUT2D eigenvalue weighted by Crippen LogP contribution is -2.30. The third kappa shape index (κ3) is 6.39. The number of carbonyl (C=O) groups is 2. The van der Waals surface area contributed by atoms with E-state index in [1.807, 2.05) is 48.5 Å². The minimum Gasteiger partial charge on any atom is -0.467 e. The number of carbonyl (C=O) groups excluding carboxylic acids is 2. The molecule has 6 nitrogen and oxygen atoms in total. The number of rotatable bonds is 8. The number of benzene rings is 2. The second-order valence-electron chi connectivity index (χ2n) is 6.23. The van der Waals surface area contributed by atoms with Gasteiger partial charge >= 0.3 is 5.97 Å². The van der Waals surface area contributed by atoms with Crippen molar-refractivity contribution in [1.82, 2.24) is 5.32 Å². The van der Waals surface area contributed by atoms with Crippen LogP contribution < -0.4 is 10.1 Å². The highest BCUT2D eigenvalue weighted by molar-refractivity contribution is 5.89. The van der Waals surface area contributed by atoms with Gasteiger partial charge in [-0.05, 0) is 55.0 Å². The highest BCUT2D eigenvalue weighted by atomic mass is 16.5. The molecule has 2 aromatic carbocycles. The van der Waals surface area contributed by atoms with Crippen LogP contribution in [0.15, 0.2) is 83.5 Å². The lowest BCUT2D eigenvalue weighted by Gasteiger charge is -2.11. The van der Waals surface area contributed by atoms with E-state index in [-0.39, 0.29) is 12.6 Å². The quantitative estimate of drug-likeness (QED) is 0.452. The maximum atomic E-state index is 11.9. The van der Waals surface area contributed by atoms with Crippen LogP contribution in [0.25, 0.3) is 6.08 Å². The van der Waals surface area contributed by atoms with Gasteiger partial charge in [0.1, 0.15) is 17.3 Å². The van der Waals surface area contributed by atoms with Gasteiger partial charge in [0, 0.05) is 6.08 Å². The Kier molecular flexibility index (Phi) is 6.84. The average molecular weight is 391 g/mol. The van der Waals surface area contributed by atoms with Crippen LogP contribution in [-0.2, 0) is 14.3 Å². The van der Waals surface area contributed by atoms with Crippen LogP contribution in [0, 0.1) is 0 Å². The van der Waals surface area contributed by atoms with Crippen molar-refractivity contribution in [2.75, 3.05) is 6.61 Å². The first-order valence-electron chi connectivity index (χ1n) is 9.11. The lowest BCUT2D eigenvalue weighted by molar-refractivity contribution is -0.144. The SMILES string of the molecule is C[C@@H](NC(=O)COC(=O)/C=C/c1cccc(Oc2ccccc2)c1)c1ccco1. The van der Waals surface area contributed by atoms with E-state index in [9.17, 15) is 9.59 Å². The number of esters is 1. The van der Waals surface area contributed by atoms with Crippen molar-refractivity contribution in [3.05, 3.63) is 90.4 Å². The van der Waals surface area contributed by atoms with E-state index in [4.69, 9.17) is 13.9 Å². The molecule has 148 valence electrons. The molecule has 0 aliphatic carbocycles. The maximum absolute atomic E-state index is 11.9. The monoisotopic (exact) mass is 391 g/mol.